The van der Waals surface area contributed by atoms with Gasteiger partial charge in [-0.15, -0.1) is 0 Å². The van der Waals surface area contributed by atoms with Gasteiger partial charge in [0, 0.05) is 12.5 Å². The smallest absolute Gasteiger partial charge is 0.308 e. The van der Waals surface area contributed by atoms with Crippen molar-refractivity contribution in [2.24, 2.45) is 5.73 Å². The molecule has 5 nitrogen and oxygen atoms in total. The summed E-state index contributed by atoms with van der Waals surface area (Å²) in [7, 11) is 0. The Hall–Kier alpha value is -2.08. The number of Topliss-reactive ketones (excluding diaryl/α,β-unsaturated/α-hetero) is 1. The molecular weight excluding hydrogens is 277 g/mol. The molecule has 1 unspecified atom stereocenters. The van der Waals surface area contributed by atoms with Crippen LogP contribution in [0.3, 0.4) is 0 Å². The Bertz CT molecular complexity index is 599. The Labute approximate surface area is 112 Å². The van der Waals surface area contributed by atoms with E-state index in [1.54, 1.807) is 0 Å². The maximum Gasteiger partial charge on any atom is 0.308 e. The van der Waals surface area contributed by atoms with Crippen LogP contribution < -0.4 is 5.73 Å². The first-order valence-electron chi connectivity index (χ1n) is 5.24. The Balaban J connectivity index is 2.31. The number of hydrogen-bond acceptors (Lipinski definition) is 5. The summed E-state index contributed by atoms with van der Waals surface area (Å²) in [6.07, 6.45) is -1.14. The number of carbonyl (C=O) groups is 2. The third kappa shape index (κ3) is 2.53. The zero-order chi connectivity index (χ0) is 14.2. The molecule has 7 heteroatoms. The molecule has 0 aliphatic carbocycles. The van der Waals surface area contributed by atoms with E-state index in [0.717, 1.165) is 19.1 Å². The zero-order valence-electron chi connectivity index (χ0n) is 9.78. The van der Waals surface area contributed by atoms with Gasteiger partial charge in [0.25, 0.3) is 0 Å². The van der Waals surface area contributed by atoms with Gasteiger partial charge in [-0.2, -0.15) is 0 Å². The van der Waals surface area contributed by atoms with Crippen LogP contribution >= 0.6 is 11.6 Å². The first kappa shape index (κ1) is 13.4. The molecule has 1 atom stereocenters. The molecule has 1 aliphatic heterocycles. The molecule has 2 rings (SSSR count). The molecule has 0 saturated heterocycles. The van der Waals surface area contributed by atoms with Crippen LogP contribution in [0.5, 0.6) is 0 Å². The lowest BCUT2D eigenvalue weighted by molar-refractivity contribution is -0.140. The zero-order valence-corrected chi connectivity index (χ0v) is 10.5. The molecular formula is C12H9ClFNO4. The van der Waals surface area contributed by atoms with E-state index in [9.17, 15) is 14.0 Å². The van der Waals surface area contributed by atoms with Crippen molar-refractivity contribution >= 4 is 23.4 Å². The van der Waals surface area contributed by atoms with E-state index in [1.165, 1.54) is 6.07 Å². The van der Waals surface area contributed by atoms with Crippen molar-refractivity contribution in [1.82, 2.24) is 0 Å². The second kappa shape index (κ2) is 4.89. The molecule has 1 aromatic carbocycles. The van der Waals surface area contributed by atoms with Crippen LogP contribution in [0, 0.1) is 5.82 Å². The average Bonchev–Trinajstić information content (AvgIpc) is 2.57. The Morgan fingerprint density at radius 1 is 1.53 bits per heavy atom. The van der Waals surface area contributed by atoms with Gasteiger partial charge in [-0.05, 0) is 12.1 Å². The summed E-state index contributed by atoms with van der Waals surface area (Å²) in [6.45, 7) is 1.13. The second-order valence-electron chi connectivity index (χ2n) is 3.81. The molecule has 0 radical (unpaired) electrons. The molecule has 0 spiro atoms. The first-order valence-corrected chi connectivity index (χ1v) is 5.62. The molecule has 19 heavy (non-hydrogen) atoms. The van der Waals surface area contributed by atoms with Gasteiger partial charge in [0.1, 0.15) is 5.82 Å². The van der Waals surface area contributed by atoms with E-state index < -0.39 is 23.7 Å². The standard InChI is InChI=1S/C12H9ClFNO4/c1-5(16)18-11-9(17)10(19-12(11)15)7-3-2-6(14)4-8(7)13/h2-4,10H,15H2,1H3. The van der Waals surface area contributed by atoms with Crippen molar-refractivity contribution in [3.63, 3.8) is 0 Å². The second-order valence-corrected chi connectivity index (χ2v) is 4.22. The predicted molar refractivity (Wildman–Crippen MR) is 63.2 cm³/mol. The highest BCUT2D eigenvalue weighted by Crippen LogP contribution is 2.35. The number of esters is 1. The Morgan fingerprint density at radius 3 is 2.79 bits per heavy atom. The Kier molecular flexibility index (Phi) is 3.44. The predicted octanol–water partition coefficient (Wildman–Crippen LogP) is 1.81. The molecule has 0 fully saturated rings. The highest BCUT2D eigenvalue weighted by atomic mass is 35.5. The van der Waals surface area contributed by atoms with Crippen LogP contribution in [0.15, 0.2) is 29.8 Å². The topological polar surface area (TPSA) is 78.6 Å². The van der Waals surface area contributed by atoms with Crippen molar-refractivity contribution < 1.29 is 23.5 Å². The fourth-order valence-electron chi connectivity index (χ4n) is 1.64. The first-order chi connectivity index (χ1) is 8.90. The number of ether oxygens (including phenoxy) is 2. The summed E-state index contributed by atoms with van der Waals surface area (Å²) in [4.78, 5) is 22.8. The molecule has 2 N–H and O–H groups in total. The van der Waals surface area contributed by atoms with E-state index >= 15 is 0 Å². The third-order valence-corrected chi connectivity index (χ3v) is 2.75. The van der Waals surface area contributed by atoms with Gasteiger partial charge < -0.3 is 15.2 Å². The van der Waals surface area contributed by atoms with Crippen LogP contribution in [-0.4, -0.2) is 11.8 Å². The normalized spacial score (nSPS) is 18.5. The molecule has 1 heterocycles. The lowest BCUT2D eigenvalue weighted by Crippen LogP contribution is -2.13. The van der Waals surface area contributed by atoms with Crippen molar-refractivity contribution in [1.29, 1.82) is 0 Å². The van der Waals surface area contributed by atoms with E-state index in [0.29, 0.717) is 0 Å². The third-order valence-electron chi connectivity index (χ3n) is 2.42. The van der Waals surface area contributed by atoms with Crippen LogP contribution in [0.1, 0.15) is 18.6 Å². The number of hydrogen-bond donors (Lipinski definition) is 1. The lowest BCUT2D eigenvalue weighted by atomic mass is 10.1. The van der Waals surface area contributed by atoms with Gasteiger partial charge in [0.2, 0.25) is 17.4 Å². The summed E-state index contributed by atoms with van der Waals surface area (Å²) in [5.41, 5.74) is 5.72. The summed E-state index contributed by atoms with van der Waals surface area (Å²) < 4.78 is 22.7. The van der Waals surface area contributed by atoms with Crippen molar-refractivity contribution in [3.8, 4) is 0 Å². The number of halogens is 2. The quantitative estimate of drug-likeness (QED) is 0.839. The molecule has 1 aromatic rings. The lowest BCUT2D eigenvalue weighted by Gasteiger charge is -2.11. The minimum absolute atomic E-state index is 0.0234. The molecule has 1 aliphatic rings. The van der Waals surface area contributed by atoms with Gasteiger partial charge in [-0.1, -0.05) is 17.7 Å². The number of ketones is 1. The molecule has 0 saturated carbocycles. The van der Waals surface area contributed by atoms with E-state index in [4.69, 9.17) is 22.1 Å². The molecule has 0 amide bonds. The van der Waals surface area contributed by atoms with Crippen molar-refractivity contribution in [2.75, 3.05) is 0 Å². The maximum absolute atomic E-state index is 12.9. The van der Waals surface area contributed by atoms with E-state index in [1.807, 2.05) is 0 Å². The van der Waals surface area contributed by atoms with Crippen LogP contribution in [0.2, 0.25) is 5.02 Å². The van der Waals surface area contributed by atoms with Gasteiger partial charge in [-0.25, -0.2) is 4.39 Å². The summed E-state index contributed by atoms with van der Waals surface area (Å²) in [5, 5.41) is 0.0234. The largest absolute Gasteiger partial charge is 0.460 e. The summed E-state index contributed by atoms with van der Waals surface area (Å²) in [5.74, 6) is -2.54. The fraction of sp³-hybridized carbons (Fsp3) is 0.167. The minimum Gasteiger partial charge on any atom is -0.460 e. The average molecular weight is 286 g/mol. The van der Waals surface area contributed by atoms with Crippen molar-refractivity contribution in [3.05, 3.63) is 46.2 Å². The number of benzene rings is 1. The van der Waals surface area contributed by atoms with E-state index in [2.05, 4.69) is 4.74 Å². The minimum atomic E-state index is -1.14. The van der Waals surface area contributed by atoms with E-state index in [-0.39, 0.29) is 22.2 Å². The van der Waals surface area contributed by atoms with Gasteiger partial charge in [0.15, 0.2) is 6.10 Å². The number of carbonyl (C=O) groups excluding carboxylic acids is 2. The summed E-state index contributed by atoms with van der Waals surface area (Å²) >= 11 is 5.84. The van der Waals surface area contributed by atoms with Crippen molar-refractivity contribution in [2.45, 2.75) is 13.0 Å². The SMILES string of the molecule is CC(=O)OC1=C(N)OC(c2ccc(F)cc2Cl)C1=O. The monoisotopic (exact) mass is 285 g/mol. The van der Waals surface area contributed by atoms with Crippen LogP contribution in [0.4, 0.5) is 4.39 Å². The fourth-order valence-corrected chi connectivity index (χ4v) is 1.90. The number of nitrogens with two attached hydrogens (primary N) is 1. The Morgan fingerprint density at radius 2 is 2.21 bits per heavy atom. The van der Waals surface area contributed by atoms with Gasteiger partial charge >= 0.3 is 5.97 Å². The van der Waals surface area contributed by atoms with Crippen LogP contribution in [-0.2, 0) is 19.1 Å². The van der Waals surface area contributed by atoms with Gasteiger partial charge in [0.05, 0.1) is 5.02 Å². The molecule has 0 bridgehead atoms. The highest BCUT2D eigenvalue weighted by molar-refractivity contribution is 6.31. The highest BCUT2D eigenvalue weighted by Gasteiger charge is 2.38. The molecule has 100 valence electrons. The summed E-state index contributed by atoms with van der Waals surface area (Å²) in [6, 6.07) is 3.50. The van der Waals surface area contributed by atoms with Crippen LogP contribution in [0.25, 0.3) is 0 Å². The number of rotatable bonds is 2. The van der Waals surface area contributed by atoms with Gasteiger partial charge in [-0.3, -0.25) is 9.59 Å². The maximum atomic E-state index is 12.9. The molecule has 0 aromatic heterocycles.